The number of hydrogen-bond acceptors (Lipinski definition) is 4. The summed E-state index contributed by atoms with van der Waals surface area (Å²) in [4.78, 5) is 24.2. The van der Waals surface area contributed by atoms with Crippen LogP contribution >= 0.6 is 0 Å². The van der Waals surface area contributed by atoms with E-state index in [2.05, 4.69) is 11.1 Å². The lowest BCUT2D eigenvalue weighted by atomic mass is 10.4. The second kappa shape index (κ2) is 3.84. The number of rotatable bonds is 2. The number of H-pyrrole nitrogens is 1. The van der Waals surface area contributed by atoms with Crippen molar-refractivity contribution in [1.29, 1.82) is 0 Å². The van der Waals surface area contributed by atoms with E-state index in [1.165, 1.54) is 16.8 Å². The maximum atomic E-state index is 11.3. The monoisotopic (exact) mass is 209 g/mol. The molecule has 0 spiro atoms. The molecule has 1 aromatic heterocycles. The maximum absolute atomic E-state index is 11.3. The number of hydrogen-bond donors (Lipinski definition) is 2. The van der Waals surface area contributed by atoms with E-state index in [0.29, 0.717) is 0 Å². The van der Waals surface area contributed by atoms with E-state index in [9.17, 15) is 9.59 Å². The van der Waals surface area contributed by atoms with Crippen molar-refractivity contribution < 1.29 is 9.84 Å². The molecule has 2 rings (SSSR count). The van der Waals surface area contributed by atoms with Gasteiger partial charge in [-0.1, -0.05) is 0 Å². The van der Waals surface area contributed by atoms with Crippen molar-refractivity contribution >= 4 is 0 Å². The molecule has 0 saturated carbocycles. The summed E-state index contributed by atoms with van der Waals surface area (Å²) < 4.78 is 6.43. The smallest absolute Gasteiger partial charge is 0.330 e. The summed E-state index contributed by atoms with van der Waals surface area (Å²) in [6.07, 6.45) is 4.50. The third-order valence-corrected chi connectivity index (χ3v) is 2.01. The minimum atomic E-state index is -0.688. The van der Waals surface area contributed by atoms with Crippen LogP contribution in [0.5, 0.6) is 0 Å². The highest BCUT2D eigenvalue weighted by Crippen LogP contribution is 2.17. The van der Waals surface area contributed by atoms with Gasteiger partial charge in [-0.15, -0.1) is 0 Å². The van der Waals surface area contributed by atoms with Crippen LogP contribution in [0.15, 0.2) is 27.9 Å². The second-order valence-electron chi connectivity index (χ2n) is 3.06. The summed E-state index contributed by atoms with van der Waals surface area (Å²) in [5.41, 5.74) is -1.02. The Morgan fingerprint density at radius 1 is 1.60 bits per heavy atom. The zero-order valence-corrected chi connectivity index (χ0v) is 7.71. The molecule has 1 aromatic rings. The van der Waals surface area contributed by atoms with Crippen molar-refractivity contribution in [3.63, 3.8) is 0 Å². The molecule has 6 nitrogen and oxygen atoms in total. The van der Waals surface area contributed by atoms with Gasteiger partial charge in [0.05, 0.1) is 6.61 Å². The van der Waals surface area contributed by atoms with Crippen molar-refractivity contribution in [2.24, 2.45) is 0 Å². The van der Waals surface area contributed by atoms with Crippen LogP contribution in [0.3, 0.4) is 0 Å². The molecule has 2 heterocycles. The molecule has 0 amide bonds. The van der Waals surface area contributed by atoms with Crippen molar-refractivity contribution in [2.45, 2.75) is 12.3 Å². The minimum Gasteiger partial charge on any atom is -0.393 e. The Hall–Kier alpha value is -1.66. The molecule has 0 bridgehead atoms. The molecule has 0 unspecified atom stereocenters. The first-order valence-corrected chi connectivity index (χ1v) is 4.38. The van der Waals surface area contributed by atoms with Crippen molar-refractivity contribution in [3.8, 4) is 0 Å². The molecule has 0 saturated heterocycles. The van der Waals surface area contributed by atoms with Crippen LogP contribution in [0, 0.1) is 6.08 Å². The molecular weight excluding hydrogens is 200 g/mol. The minimum absolute atomic E-state index is 0.165. The quantitative estimate of drug-likeness (QED) is 0.639. The van der Waals surface area contributed by atoms with Gasteiger partial charge in [0.2, 0.25) is 0 Å². The van der Waals surface area contributed by atoms with Crippen LogP contribution in [0.4, 0.5) is 0 Å². The zero-order valence-electron chi connectivity index (χ0n) is 7.71. The third kappa shape index (κ3) is 1.90. The predicted molar refractivity (Wildman–Crippen MR) is 50.1 cm³/mol. The highest BCUT2D eigenvalue weighted by atomic mass is 16.5. The molecule has 2 N–H and O–H groups in total. The summed E-state index contributed by atoms with van der Waals surface area (Å²) in [7, 11) is 0. The number of ether oxygens (including phenoxy) is 1. The lowest BCUT2D eigenvalue weighted by molar-refractivity contribution is -0.0129. The number of aliphatic hydroxyl groups is 1. The third-order valence-electron chi connectivity index (χ3n) is 2.01. The molecule has 1 radical (unpaired) electrons. The highest BCUT2D eigenvalue weighted by Gasteiger charge is 2.20. The van der Waals surface area contributed by atoms with Crippen LogP contribution < -0.4 is 11.2 Å². The molecular formula is C9H9N2O4. The first kappa shape index (κ1) is 9.88. The largest absolute Gasteiger partial charge is 0.393 e. The van der Waals surface area contributed by atoms with Crippen LogP contribution in [0.1, 0.15) is 6.23 Å². The summed E-state index contributed by atoms with van der Waals surface area (Å²) in [5.74, 6) is 0. The zero-order chi connectivity index (χ0) is 10.8. The molecule has 1 aliphatic rings. The van der Waals surface area contributed by atoms with Gasteiger partial charge < -0.3 is 9.84 Å². The fraction of sp³-hybridized carbons (Fsp3) is 0.333. The Bertz CT molecular complexity index is 487. The topological polar surface area (TPSA) is 84.3 Å². The van der Waals surface area contributed by atoms with E-state index in [0.717, 1.165) is 0 Å². The number of nitrogens with zero attached hydrogens (tertiary/aromatic N) is 1. The van der Waals surface area contributed by atoms with Gasteiger partial charge >= 0.3 is 5.69 Å². The van der Waals surface area contributed by atoms with E-state index in [1.807, 2.05) is 0 Å². The van der Waals surface area contributed by atoms with Gasteiger partial charge in [-0.3, -0.25) is 14.3 Å². The van der Waals surface area contributed by atoms with Gasteiger partial charge in [0.1, 0.15) is 6.10 Å². The summed E-state index contributed by atoms with van der Waals surface area (Å²) >= 11 is 0. The standard InChI is InChI=1S/C9H9N2O4/c12-5-6-1-2-8(15-6)11-4-3-7(13)10-9(11)14/h1,3-4,6,8,12H,5H2,(H,10,13,14)/t6-,8+/m0/s1. The lowest BCUT2D eigenvalue weighted by Gasteiger charge is -2.13. The summed E-state index contributed by atoms with van der Waals surface area (Å²) in [6, 6.07) is 1.22. The van der Waals surface area contributed by atoms with E-state index in [4.69, 9.17) is 9.84 Å². The van der Waals surface area contributed by atoms with Crippen LogP contribution in [0.25, 0.3) is 0 Å². The first-order valence-electron chi connectivity index (χ1n) is 4.38. The molecule has 0 aromatic carbocycles. The van der Waals surface area contributed by atoms with Gasteiger partial charge in [-0.2, -0.15) is 0 Å². The molecule has 15 heavy (non-hydrogen) atoms. The predicted octanol–water partition coefficient (Wildman–Crippen LogP) is -1.21. The molecule has 1 aliphatic heterocycles. The summed E-state index contributed by atoms with van der Waals surface area (Å²) in [6.45, 7) is -0.165. The average molecular weight is 209 g/mol. The van der Waals surface area contributed by atoms with Gasteiger partial charge in [0.25, 0.3) is 5.56 Å². The van der Waals surface area contributed by atoms with Crippen molar-refractivity contribution in [3.05, 3.63) is 45.3 Å². The second-order valence-corrected chi connectivity index (χ2v) is 3.06. The number of aliphatic hydroxyl groups excluding tert-OH is 1. The van der Waals surface area contributed by atoms with E-state index < -0.39 is 23.6 Å². The Morgan fingerprint density at radius 2 is 2.40 bits per heavy atom. The SMILES string of the molecule is O=c1ccn([C@H]2[C]=C[C@@H](CO)O2)c(=O)[nH]1. The molecule has 2 atom stereocenters. The summed E-state index contributed by atoms with van der Waals surface area (Å²) in [5, 5.41) is 8.80. The lowest BCUT2D eigenvalue weighted by Crippen LogP contribution is -2.32. The number of aromatic nitrogens is 2. The molecule has 6 heteroatoms. The Morgan fingerprint density at radius 3 is 3.00 bits per heavy atom. The maximum Gasteiger partial charge on any atom is 0.330 e. The van der Waals surface area contributed by atoms with Gasteiger partial charge in [0.15, 0.2) is 6.23 Å². The molecule has 0 fully saturated rings. The molecule has 79 valence electrons. The fourth-order valence-electron chi connectivity index (χ4n) is 1.29. The van der Waals surface area contributed by atoms with Crippen molar-refractivity contribution in [1.82, 2.24) is 9.55 Å². The Labute approximate surface area is 84.4 Å². The van der Waals surface area contributed by atoms with Crippen LogP contribution in [0.2, 0.25) is 0 Å². The van der Waals surface area contributed by atoms with Gasteiger partial charge in [0, 0.05) is 18.3 Å². The Balaban J connectivity index is 2.29. The Kier molecular flexibility index (Phi) is 2.53. The van der Waals surface area contributed by atoms with E-state index in [1.54, 1.807) is 6.08 Å². The number of nitrogens with one attached hydrogen (secondary N) is 1. The highest BCUT2D eigenvalue weighted by molar-refractivity contribution is 4.96. The molecule has 0 aliphatic carbocycles. The number of aromatic amines is 1. The van der Waals surface area contributed by atoms with E-state index >= 15 is 0 Å². The fourth-order valence-corrected chi connectivity index (χ4v) is 1.29. The van der Waals surface area contributed by atoms with Gasteiger partial charge in [-0.05, 0) is 6.08 Å². The van der Waals surface area contributed by atoms with Crippen LogP contribution in [-0.2, 0) is 4.74 Å². The first-order chi connectivity index (χ1) is 7.20. The average Bonchev–Trinajstić information content (AvgIpc) is 2.66. The van der Waals surface area contributed by atoms with Gasteiger partial charge in [-0.25, -0.2) is 4.79 Å². The van der Waals surface area contributed by atoms with Crippen LogP contribution in [-0.4, -0.2) is 27.4 Å². The normalized spacial score (nSPS) is 24.6. The van der Waals surface area contributed by atoms with E-state index in [-0.39, 0.29) is 6.61 Å². The van der Waals surface area contributed by atoms with Crippen molar-refractivity contribution in [2.75, 3.05) is 6.61 Å².